The quantitative estimate of drug-likeness (QED) is 0.361. The van der Waals surface area contributed by atoms with Crippen molar-refractivity contribution in [2.45, 2.75) is 69.6 Å². The first-order valence-electron chi connectivity index (χ1n) is 13.2. The van der Waals surface area contributed by atoms with Crippen LogP contribution in [0.2, 0.25) is 0 Å². The smallest absolute Gasteiger partial charge is 0.475 e. The van der Waals surface area contributed by atoms with Crippen LogP contribution in [0.25, 0.3) is 0 Å². The third kappa shape index (κ3) is 16.4. The Bertz CT molecular complexity index is 1240. The number of aromatic nitrogens is 2. The molecular formula is C27H30F9N3O8. The molecule has 2 aromatic rings. The van der Waals surface area contributed by atoms with Crippen molar-refractivity contribution in [3.8, 4) is 0 Å². The number of hydrogen-bond acceptors (Lipinski definition) is 8. The topological polar surface area (TPSA) is 159 Å². The molecule has 2 fully saturated rings. The standard InChI is InChI=1S/C21H27N3O2.3C2HF3O2/c1-17-5-2-7-19(23-17)13-24-10-4-8-21(16-24)11-20(15-26-21)25-14-18-6-3-9-22-12-18;3*3-2(4,5)1(6)7/h2-3,5-7,9,12,20H,4,8,10-11,13-16H2,1H3;3*(H,6,7)/t20-,21-;;;/m0.../s1. The summed E-state index contributed by atoms with van der Waals surface area (Å²) in [4.78, 5) is 38.0. The highest BCUT2D eigenvalue weighted by atomic mass is 19.4. The second kappa shape index (κ2) is 17.8. The Morgan fingerprint density at radius 2 is 1.49 bits per heavy atom. The van der Waals surface area contributed by atoms with Crippen molar-refractivity contribution in [3.05, 3.63) is 59.7 Å². The van der Waals surface area contributed by atoms with Gasteiger partial charge < -0.3 is 24.8 Å². The number of pyridine rings is 2. The molecule has 0 amide bonds. The number of carbonyl (C=O) groups is 3. The molecule has 47 heavy (non-hydrogen) atoms. The van der Waals surface area contributed by atoms with Gasteiger partial charge in [0.15, 0.2) is 0 Å². The fourth-order valence-corrected chi connectivity index (χ4v) is 4.13. The van der Waals surface area contributed by atoms with Gasteiger partial charge in [-0.05, 0) is 50.1 Å². The van der Waals surface area contributed by atoms with Crippen LogP contribution < -0.4 is 0 Å². The fraction of sp³-hybridized carbons (Fsp3) is 0.519. The highest BCUT2D eigenvalue weighted by molar-refractivity contribution is 5.73. The van der Waals surface area contributed by atoms with Gasteiger partial charge in [-0.15, -0.1) is 0 Å². The number of ether oxygens (including phenoxy) is 2. The maximum absolute atomic E-state index is 10.6. The molecule has 0 bridgehead atoms. The zero-order chi connectivity index (χ0) is 36.1. The number of halogens is 9. The number of carboxylic acid groups (broad SMARTS) is 3. The summed E-state index contributed by atoms with van der Waals surface area (Å²) in [6.45, 7) is 6.32. The lowest BCUT2D eigenvalue weighted by Gasteiger charge is -2.39. The van der Waals surface area contributed by atoms with E-state index in [4.69, 9.17) is 39.2 Å². The second-order valence-corrected chi connectivity index (χ2v) is 9.99. The molecule has 2 aliphatic rings. The molecule has 1 spiro atoms. The highest BCUT2D eigenvalue weighted by Crippen LogP contribution is 2.36. The summed E-state index contributed by atoms with van der Waals surface area (Å²) in [7, 11) is 0. The molecule has 264 valence electrons. The summed E-state index contributed by atoms with van der Waals surface area (Å²) in [5.74, 6) is -8.27. The summed E-state index contributed by atoms with van der Waals surface area (Å²) in [6, 6.07) is 10.3. The number of piperidine rings is 1. The molecule has 4 heterocycles. The Hall–Kier alpha value is -4.04. The fourth-order valence-electron chi connectivity index (χ4n) is 4.13. The minimum absolute atomic E-state index is 0.0539. The van der Waals surface area contributed by atoms with E-state index in [0.29, 0.717) is 13.2 Å². The Balaban J connectivity index is 0.000000430. The normalized spacial score (nSPS) is 19.7. The summed E-state index contributed by atoms with van der Waals surface area (Å²) in [5, 5.41) is 21.4. The summed E-state index contributed by atoms with van der Waals surface area (Å²) in [5.41, 5.74) is 3.28. The maximum atomic E-state index is 10.6. The predicted octanol–water partition coefficient (Wildman–Crippen LogP) is 5.03. The largest absolute Gasteiger partial charge is 0.490 e. The van der Waals surface area contributed by atoms with Gasteiger partial charge in [0, 0.05) is 37.6 Å². The summed E-state index contributed by atoms with van der Waals surface area (Å²) in [6.07, 6.45) is -8.16. The number of aryl methyl sites for hydroxylation is 1. The van der Waals surface area contributed by atoms with Crippen molar-refractivity contribution in [2.24, 2.45) is 0 Å². The monoisotopic (exact) mass is 695 g/mol. The first-order valence-corrected chi connectivity index (χ1v) is 13.2. The number of alkyl halides is 9. The zero-order valence-electron chi connectivity index (χ0n) is 24.4. The summed E-state index contributed by atoms with van der Waals surface area (Å²) < 4.78 is 108. The van der Waals surface area contributed by atoms with Crippen molar-refractivity contribution in [2.75, 3.05) is 19.7 Å². The van der Waals surface area contributed by atoms with Crippen molar-refractivity contribution < 1.29 is 78.7 Å². The van der Waals surface area contributed by atoms with Crippen LogP contribution in [-0.2, 0) is 37.0 Å². The van der Waals surface area contributed by atoms with E-state index in [-0.39, 0.29) is 11.7 Å². The molecule has 20 heteroatoms. The Morgan fingerprint density at radius 3 is 1.96 bits per heavy atom. The lowest BCUT2D eigenvalue weighted by molar-refractivity contribution is -0.193. The number of aliphatic carboxylic acids is 3. The third-order valence-corrected chi connectivity index (χ3v) is 6.06. The van der Waals surface area contributed by atoms with Gasteiger partial charge in [0.2, 0.25) is 0 Å². The lowest BCUT2D eigenvalue weighted by atomic mass is 9.89. The number of nitrogens with zero attached hydrogens (tertiary/aromatic N) is 3. The Morgan fingerprint density at radius 1 is 0.936 bits per heavy atom. The van der Waals surface area contributed by atoms with Gasteiger partial charge in [0.1, 0.15) is 0 Å². The molecule has 4 rings (SSSR count). The van der Waals surface area contributed by atoms with Crippen LogP contribution in [-0.4, -0.2) is 98.0 Å². The van der Waals surface area contributed by atoms with E-state index in [0.717, 1.165) is 49.4 Å². The van der Waals surface area contributed by atoms with Gasteiger partial charge in [-0.1, -0.05) is 12.1 Å². The molecule has 2 aliphatic heterocycles. The van der Waals surface area contributed by atoms with Crippen LogP contribution in [0.5, 0.6) is 0 Å². The SMILES string of the molecule is Cc1cccc(CN2CCC[C@]3(C[C@H](OCc4cccnc4)CO3)C2)n1.O=C(O)C(F)(F)F.O=C(O)C(F)(F)F.O=C(O)C(F)(F)F. The van der Waals surface area contributed by atoms with Crippen LogP contribution in [0.4, 0.5) is 39.5 Å². The van der Waals surface area contributed by atoms with Crippen LogP contribution >= 0.6 is 0 Å². The van der Waals surface area contributed by atoms with Crippen LogP contribution in [0.15, 0.2) is 42.7 Å². The van der Waals surface area contributed by atoms with Crippen molar-refractivity contribution >= 4 is 17.9 Å². The lowest BCUT2D eigenvalue weighted by Crippen LogP contribution is -2.47. The van der Waals surface area contributed by atoms with Gasteiger partial charge in [0.25, 0.3) is 0 Å². The van der Waals surface area contributed by atoms with Crippen molar-refractivity contribution in [1.82, 2.24) is 14.9 Å². The first kappa shape index (κ1) is 41.0. The van der Waals surface area contributed by atoms with E-state index in [9.17, 15) is 39.5 Å². The van der Waals surface area contributed by atoms with E-state index in [1.807, 2.05) is 25.3 Å². The molecule has 0 unspecified atom stereocenters. The summed E-state index contributed by atoms with van der Waals surface area (Å²) >= 11 is 0. The van der Waals surface area contributed by atoms with E-state index < -0.39 is 36.4 Å². The average Bonchev–Trinajstić information content (AvgIpc) is 3.33. The highest BCUT2D eigenvalue weighted by Gasteiger charge is 2.44. The number of hydrogen-bond donors (Lipinski definition) is 3. The molecule has 0 aromatic carbocycles. The first-order chi connectivity index (χ1) is 21.5. The van der Waals surface area contributed by atoms with E-state index >= 15 is 0 Å². The number of carboxylic acids is 3. The van der Waals surface area contributed by atoms with Crippen LogP contribution in [0.1, 0.15) is 36.2 Å². The van der Waals surface area contributed by atoms with Crippen LogP contribution in [0.3, 0.4) is 0 Å². The van der Waals surface area contributed by atoms with E-state index in [1.165, 1.54) is 6.42 Å². The Labute approximate surface area is 260 Å². The maximum Gasteiger partial charge on any atom is 0.490 e. The zero-order valence-corrected chi connectivity index (χ0v) is 24.4. The average molecular weight is 696 g/mol. The molecule has 0 saturated carbocycles. The number of rotatable bonds is 5. The van der Waals surface area contributed by atoms with Gasteiger partial charge in [-0.3, -0.25) is 14.9 Å². The van der Waals surface area contributed by atoms with Crippen molar-refractivity contribution in [3.63, 3.8) is 0 Å². The third-order valence-electron chi connectivity index (χ3n) is 6.06. The molecule has 2 saturated heterocycles. The molecule has 2 atom stereocenters. The minimum Gasteiger partial charge on any atom is -0.475 e. The van der Waals surface area contributed by atoms with Gasteiger partial charge in [0.05, 0.1) is 30.6 Å². The van der Waals surface area contributed by atoms with Crippen LogP contribution in [0, 0.1) is 6.92 Å². The number of likely N-dealkylation sites (tertiary alicyclic amines) is 1. The van der Waals surface area contributed by atoms with Gasteiger partial charge in [-0.25, -0.2) is 14.4 Å². The molecular weight excluding hydrogens is 665 g/mol. The molecule has 11 nitrogen and oxygen atoms in total. The molecule has 0 radical (unpaired) electrons. The predicted molar refractivity (Wildman–Crippen MR) is 141 cm³/mol. The second-order valence-electron chi connectivity index (χ2n) is 9.99. The van der Waals surface area contributed by atoms with E-state index in [2.05, 4.69) is 33.1 Å². The van der Waals surface area contributed by atoms with Crippen molar-refractivity contribution in [1.29, 1.82) is 0 Å². The Kier molecular flexibility index (Phi) is 15.5. The van der Waals surface area contributed by atoms with Gasteiger partial charge >= 0.3 is 36.4 Å². The molecule has 3 N–H and O–H groups in total. The van der Waals surface area contributed by atoms with E-state index in [1.54, 1.807) is 6.20 Å². The van der Waals surface area contributed by atoms with Gasteiger partial charge in [-0.2, -0.15) is 39.5 Å². The molecule has 2 aromatic heterocycles. The minimum atomic E-state index is -5.08. The molecule has 0 aliphatic carbocycles.